The summed E-state index contributed by atoms with van der Waals surface area (Å²) in [4.78, 5) is 2.62. The van der Waals surface area contributed by atoms with Crippen LogP contribution >= 0.6 is 34.5 Å². The molecule has 0 amide bonds. The summed E-state index contributed by atoms with van der Waals surface area (Å²) in [6.07, 6.45) is 0. The Hall–Kier alpha value is -0.700. The molecule has 0 aliphatic carbocycles. The lowest BCUT2D eigenvalue weighted by atomic mass is 10.2. The zero-order valence-electron chi connectivity index (χ0n) is 9.63. The van der Waals surface area contributed by atoms with E-state index in [0.717, 1.165) is 5.69 Å². The highest BCUT2D eigenvalue weighted by Crippen LogP contribution is 2.30. The standard InChI is InChI=1S/C13H13Cl2NS/c1-8-3-6-13(17-8)9(2)16-12-5-4-10(14)7-11(12)15/h3-7,9,16H,1-2H3. The van der Waals surface area contributed by atoms with E-state index in [-0.39, 0.29) is 6.04 Å². The Morgan fingerprint density at radius 3 is 2.53 bits per heavy atom. The van der Waals surface area contributed by atoms with Gasteiger partial charge in [-0.05, 0) is 44.2 Å². The van der Waals surface area contributed by atoms with Crippen LogP contribution in [0.4, 0.5) is 5.69 Å². The van der Waals surface area contributed by atoms with Gasteiger partial charge in [-0.3, -0.25) is 0 Å². The first-order chi connectivity index (χ1) is 8.06. The van der Waals surface area contributed by atoms with Crippen LogP contribution in [-0.2, 0) is 0 Å². The van der Waals surface area contributed by atoms with Gasteiger partial charge in [0.2, 0.25) is 0 Å². The fourth-order valence-corrected chi connectivity index (χ4v) is 2.94. The Balaban J connectivity index is 2.15. The summed E-state index contributed by atoms with van der Waals surface area (Å²) in [5.74, 6) is 0. The molecule has 0 fully saturated rings. The van der Waals surface area contributed by atoms with Gasteiger partial charge >= 0.3 is 0 Å². The summed E-state index contributed by atoms with van der Waals surface area (Å²) in [7, 11) is 0. The normalized spacial score (nSPS) is 12.5. The van der Waals surface area contributed by atoms with Crippen LogP contribution in [0.5, 0.6) is 0 Å². The number of nitrogens with one attached hydrogen (secondary N) is 1. The van der Waals surface area contributed by atoms with Gasteiger partial charge in [-0.2, -0.15) is 0 Å². The molecule has 2 rings (SSSR count). The molecule has 1 nitrogen and oxygen atoms in total. The Bertz CT molecular complexity index is 522. The molecule has 1 N–H and O–H groups in total. The molecule has 1 unspecified atom stereocenters. The van der Waals surface area contributed by atoms with Crippen molar-refractivity contribution >= 4 is 40.2 Å². The van der Waals surface area contributed by atoms with E-state index in [0.29, 0.717) is 10.0 Å². The second kappa shape index (κ2) is 5.30. The third-order valence-corrected chi connectivity index (χ3v) is 4.22. The number of aryl methyl sites for hydroxylation is 1. The monoisotopic (exact) mass is 285 g/mol. The Morgan fingerprint density at radius 1 is 1.18 bits per heavy atom. The second-order valence-corrected chi connectivity index (χ2v) is 6.10. The highest BCUT2D eigenvalue weighted by atomic mass is 35.5. The van der Waals surface area contributed by atoms with Crippen LogP contribution in [0.25, 0.3) is 0 Å². The minimum atomic E-state index is 0.243. The van der Waals surface area contributed by atoms with Crippen LogP contribution in [0, 0.1) is 6.92 Å². The predicted molar refractivity (Wildman–Crippen MR) is 77.6 cm³/mol. The van der Waals surface area contributed by atoms with Gasteiger partial charge in [0, 0.05) is 14.8 Å². The van der Waals surface area contributed by atoms with E-state index in [1.165, 1.54) is 9.75 Å². The number of benzene rings is 1. The maximum atomic E-state index is 6.12. The average Bonchev–Trinajstić information content (AvgIpc) is 2.69. The van der Waals surface area contributed by atoms with E-state index in [1.54, 1.807) is 17.4 Å². The van der Waals surface area contributed by atoms with Gasteiger partial charge in [0.1, 0.15) is 0 Å². The molecular weight excluding hydrogens is 273 g/mol. The van der Waals surface area contributed by atoms with Gasteiger partial charge in [0.25, 0.3) is 0 Å². The summed E-state index contributed by atoms with van der Waals surface area (Å²) in [6.45, 7) is 4.23. The van der Waals surface area contributed by atoms with Crippen molar-refractivity contribution in [3.8, 4) is 0 Å². The van der Waals surface area contributed by atoms with Crippen LogP contribution in [0.3, 0.4) is 0 Å². The largest absolute Gasteiger partial charge is 0.377 e. The van der Waals surface area contributed by atoms with Crippen LogP contribution < -0.4 is 5.32 Å². The molecule has 1 aromatic heterocycles. The summed E-state index contributed by atoms with van der Waals surface area (Å²) in [5.41, 5.74) is 0.912. The number of thiophene rings is 1. The fraction of sp³-hybridized carbons (Fsp3) is 0.231. The molecule has 0 aliphatic heterocycles. The number of hydrogen-bond donors (Lipinski definition) is 1. The van der Waals surface area contributed by atoms with Gasteiger partial charge in [0.05, 0.1) is 16.8 Å². The molecule has 0 bridgehead atoms. The molecule has 0 spiro atoms. The minimum Gasteiger partial charge on any atom is -0.377 e. The molecule has 17 heavy (non-hydrogen) atoms. The van der Waals surface area contributed by atoms with E-state index < -0.39 is 0 Å². The molecule has 1 aromatic carbocycles. The van der Waals surface area contributed by atoms with Crippen molar-refractivity contribution in [2.75, 3.05) is 5.32 Å². The molecule has 90 valence electrons. The van der Waals surface area contributed by atoms with E-state index in [1.807, 2.05) is 12.1 Å². The van der Waals surface area contributed by atoms with E-state index >= 15 is 0 Å². The van der Waals surface area contributed by atoms with Gasteiger partial charge in [0.15, 0.2) is 0 Å². The molecule has 1 atom stereocenters. The second-order valence-electron chi connectivity index (χ2n) is 3.94. The lowest BCUT2D eigenvalue weighted by Gasteiger charge is -2.15. The summed E-state index contributed by atoms with van der Waals surface area (Å²) in [6, 6.07) is 10.00. The van der Waals surface area contributed by atoms with E-state index in [4.69, 9.17) is 23.2 Å². The maximum Gasteiger partial charge on any atom is 0.0652 e. The van der Waals surface area contributed by atoms with Crippen LogP contribution in [0.2, 0.25) is 10.0 Å². The lowest BCUT2D eigenvalue weighted by molar-refractivity contribution is 0.908. The Kier molecular flexibility index (Phi) is 3.97. The smallest absolute Gasteiger partial charge is 0.0652 e. The molecule has 4 heteroatoms. The van der Waals surface area contributed by atoms with Crippen molar-refractivity contribution in [2.45, 2.75) is 19.9 Å². The van der Waals surface area contributed by atoms with E-state index in [2.05, 4.69) is 31.3 Å². The van der Waals surface area contributed by atoms with Crippen LogP contribution in [0.1, 0.15) is 22.7 Å². The number of hydrogen-bond acceptors (Lipinski definition) is 2. The average molecular weight is 286 g/mol. The van der Waals surface area contributed by atoms with Crippen molar-refractivity contribution in [2.24, 2.45) is 0 Å². The molecule has 0 saturated carbocycles. The number of rotatable bonds is 3. The summed E-state index contributed by atoms with van der Waals surface area (Å²) in [5, 5.41) is 4.69. The summed E-state index contributed by atoms with van der Waals surface area (Å²) >= 11 is 13.8. The molecular formula is C13H13Cl2NS. The zero-order chi connectivity index (χ0) is 12.4. The molecule has 0 aliphatic rings. The van der Waals surface area contributed by atoms with Crippen molar-refractivity contribution < 1.29 is 0 Å². The number of anilines is 1. The van der Waals surface area contributed by atoms with Gasteiger partial charge in [-0.1, -0.05) is 23.2 Å². The first-order valence-electron chi connectivity index (χ1n) is 5.34. The molecule has 1 heterocycles. The Morgan fingerprint density at radius 2 is 1.94 bits per heavy atom. The van der Waals surface area contributed by atoms with Gasteiger partial charge in [-0.25, -0.2) is 0 Å². The van der Waals surface area contributed by atoms with Gasteiger partial charge in [-0.15, -0.1) is 11.3 Å². The van der Waals surface area contributed by atoms with Crippen molar-refractivity contribution in [1.29, 1.82) is 0 Å². The van der Waals surface area contributed by atoms with Crippen molar-refractivity contribution in [1.82, 2.24) is 0 Å². The molecule has 2 aromatic rings. The highest BCUT2D eigenvalue weighted by molar-refractivity contribution is 7.12. The first kappa shape index (κ1) is 12.7. The Labute approximate surface area is 115 Å². The number of halogens is 2. The van der Waals surface area contributed by atoms with Crippen LogP contribution in [0.15, 0.2) is 30.3 Å². The third-order valence-electron chi connectivity index (χ3n) is 2.49. The quantitative estimate of drug-likeness (QED) is 0.781. The highest BCUT2D eigenvalue weighted by Gasteiger charge is 2.09. The lowest BCUT2D eigenvalue weighted by Crippen LogP contribution is -2.05. The van der Waals surface area contributed by atoms with E-state index in [9.17, 15) is 0 Å². The van der Waals surface area contributed by atoms with Crippen molar-refractivity contribution in [3.05, 3.63) is 50.1 Å². The predicted octanol–water partition coefficient (Wildman–Crippen LogP) is 5.54. The van der Waals surface area contributed by atoms with Gasteiger partial charge < -0.3 is 5.32 Å². The topological polar surface area (TPSA) is 12.0 Å². The first-order valence-corrected chi connectivity index (χ1v) is 6.91. The zero-order valence-corrected chi connectivity index (χ0v) is 12.0. The van der Waals surface area contributed by atoms with Crippen molar-refractivity contribution in [3.63, 3.8) is 0 Å². The third kappa shape index (κ3) is 3.15. The SMILES string of the molecule is Cc1ccc(C(C)Nc2ccc(Cl)cc2Cl)s1. The molecule has 0 saturated heterocycles. The maximum absolute atomic E-state index is 6.12. The van der Waals surface area contributed by atoms with Crippen LogP contribution in [-0.4, -0.2) is 0 Å². The fourth-order valence-electron chi connectivity index (χ4n) is 1.60. The molecule has 0 radical (unpaired) electrons. The minimum absolute atomic E-state index is 0.243. The summed E-state index contributed by atoms with van der Waals surface area (Å²) < 4.78 is 0.